The van der Waals surface area contributed by atoms with E-state index in [0.717, 1.165) is 5.56 Å². The summed E-state index contributed by atoms with van der Waals surface area (Å²) in [5.41, 5.74) is 7.02. The molecule has 2 aromatic rings. The minimum absolute atomic E-state index is 0.0113. The van der Waals surface area contributed by atoms with Crippen LogP contribution >= 0.6 is 0 Å². The molecule has 0 saturated heterocycles. The van der Waals surface area contributed by atoms with Gasteiger partial charge in [0.25, 0.3) is 0 Å². The van der Waals surface area contributed by atoms with Gasteiger partial charge >= 0.3 is 11.9 Å². The summed E-state index contributed by atoms with van der Waals surface area (Å²) in [4.78, 5) is 61.4. The lowest BCUT2D eigenvalue weighted by atomic mass is 10.0. The van der Waals surface area contributed by atoms with E-state index in [-0.39, 0.29) is 19.3 Å². The van der Waals surface area contributed by atoms with E-state index >= 15 is 0 Å². The van der Waals surface area contributed by atoms with Gasteiger partial charge in [-0.25, -0.2) is 4.79 Å². The van der Waals surface area contributed by atoms with E-state index in [1.807, 2.05) is 0 Å². The van der Waals surface area contributed by atoms with E-state index in [1.54, 1.807) is 60.7 Å². The van der Waals surface area contributed by atoms with Gasteiger partial charge in [-0.05, 0) is 24.5 Å². The molecular formula is C26H32N4O7. The van der Waals surface area contributed by atoms with Gasteiger partial charge in [-0.1, -0.05) is 60.7 Å². The number of amides is 3. The number of carboxylic acid groups (broad SMARTS) is 2. The van der Waals surface area contributed by atoms with Crippen LogP contribution in [0, 0.1) is 0 Å². The molecule has 4 atom stereocenters. The zero-order valence-corrected chi connectivity index (χ0v) is 20.4. The molecule has 198 valence electrons. The Morgan fingerprint density at radius 3 is 1.59 bits per heavy atom. The number of aliphatic carboxylic acids is 2. The molecule has 7 N–H and O–H groups in total. The number of nitrogens with one attached hydrogen (secondary N) is 3. The first-order valence-corrected chi connectivity index (χ1v) is 11.8. The van der Waals surface area contributed by atoms with E-state index in [0.29, 0.717) is 5.56 Å². The van der Waals surface area contributed by atoms with Crippen LogP contribution < -0.4 is 21.7 Å². The molecule has 11 nitrogen and oxygen atoms in total. The molecule has 11 heteroatoms. The van der Waals surface area contributed by atoms with Crippen LogP contribution in [0.15, 0.2) is 60.7 Å². The third-order valence-corrected chi connectivity index (χ3v) is 5.51. The van der Waals surface area contributed by atoms with Crippen molar-refractivity contribution in [1.29, 1.82) is 0 Å². The fraction of sp³-hybridized carbons (Fsp3) is 0.346. The van der Waals surface area contributed by atoms with E-state index in [1.165, 1.54) is 6.92 Å². The molecule has 0 bridgehead atoms. The maximum absolute atomic E-state index is 13.2. The van der Waals surface area contributed by atoms with Crippen molar-refractivity contribution >= 4 is 29.7 Å². The summed E-state index contributed by atoms with van der Waals surface area (Å²) in [5, 5.41) is 26.1. The van der Waals surface area contributed by atoms with Crippen LogP contribution in [0.25, 0.3) is 0 Å². The average molecular weight is 513 g/mol. The van der Waals surface area contributed by atoms with Crippen LogP contribution in [0.5, 0.6) is 0 Å². The molecule has 0 spiro atoms. The first kappa shape index (κ1) is 29.0. The van der Waals surface area contributed by atoms with Crippen molar-refractivity contribution in [2.24, 2.45) is 5.73 Å². The first-order chi connectivity index (χ1) is 17.6. The molecule has 4 unspecified atom stereocenters. The number of hydrogen-bond donors (Lipinski definition) is 6. The molecule has 0 radical (unpaired) electrons. The number of carbonyl (C=O) groups is 5. The van der Waals surface area contributed by atoms with Crippen LogP contribution in [-0.4, -0.2) is 64.0 Å². The number of nitrogens with two attached hydrogens (primary N) is 1. The molecule has 0 saturated carbocycles. The summed E-state index contributed by atoms with van der Waals surface area (Å²) in [6, 6.07) is 12.8. The highest BCUT2D eigenvalue weighted by Gasteiger charge is 2.30. The Balaban J connectivity index is 2.21. The largest absolute Gasteiger partial charge is 0.481 e. The van der Waals surface area contributed by atoms with Gasteiger partial charge in [0.2, 0.25) is 17.7 Å². The molecule has 2 rings (SSSR count). The fourth-order valence-electron chi connectivity index (χ4n) is 3.49. The Labute approximate surface area is 214 Å². The monoisotopic (exact) mass is 512 g/mol. The zero-order chi connectivity index (χ0) is 27.4. The summed E-state index contributed by atoms with van der Waals surface area (Å²) >= 11 is 0. The lowest BCUT2D eigenvalue weighted by Crippen LogP contribution is -2.57. The SMILES string of the molecule is CC(N)C(=O)NC(Cc1ccccc1)C(=O)NC(CCC(=O)O)C(=O)NC(Cc1ccccc1)C(=O)O. The first-order valence-electron chi connectivity index (χ1n) is 11.8. The lowest BCUT2D eigenvalue weighted by Gasteiger charge is -2.25. The Hall–Kier alpha value is -4.25. The fourth-order valence-corrected chi connectivity index (χ4v) is 3.49. The summed E-state index contributed by atoms with van der Waals surface area (Å²) in [5.74, 6) is -4.66. The highest BCUT2D eigenvalue weighted by molar-refractivity contribution is 5.94. The molecule has 0 aromatic heterocycles. The maximum Gasteiger partial charge on any atom is 0.326 e. The summed E-state index contributed by atoms with van der Waals surface area (Å²) in [6.45, 7) is 1.45. The lowest BCUT2D eigenvalue weighted by molar-refractivity contribution is -0.143. The Morgan fingerprint density at radius 2 is 1.14 bits per heavy atom. The minimum atomic E-state index is -1.35. The van der Waals surface area contributed by atoms with Crippen molar-refractivity contribution in [3.8, 4) is 0 Å². The van der Waals surface area contributed by atoms with Gasteiger partial charge in [0, 0.05) is 19.3 Å². The standard InChI is InChI=1S/C26H32N4O7/c1-16(27)23(33)29-20(14-17-8-4-2-5-9-17)25(35)28-19(12-13-22(31)32)24(34)30-21(26(36)37)15-18-10-6-3-7-11-18/h2-11,16,19-21H,12-15,27H2,1H3,(H,28,35)(H,29,33)(H,30,34)(H,31,32)(H,36,37). The van der Waals surface area contributed by atoms with Gasteiger partial charge in [0.05, 0.1) is 6.04 Å². The maximum atomic E-state index is 13.2. The van der Waals surface area contributed by atoms with Crippen LogP contribution in [0.3, 0.4) is 0 Å². The summed E-state index contributed by atoms with van der Waals surface area (Å²) in [6.07, 6.45) is -0.666. The summed E-state index contributed by atoms with van der Waals surface area (Å²) in [7, 11) is 0. The highest BCUT2D eigenvalue weighted by Crippen LogP contribution is 2.08. The van der Waals surface area contributed by atoms with Gasteiger partial charge in [-0.15, -0.1) is 0 Å². The normalized spacial score (nSPS) is 13.9. The molecule has 0 fully saturated rings. The minimum Gasteiger partial charge on any atom is -0.481 e. The molecular weight excluding hydrogens is 480 g/mol. The van der Waals surface area contributed by atoms with E-state index in [9.17, 15) is 29.1 Å². The van der Waals surface area contributed by atoms with Crippen LogP contribution in [0.1, 0.15) is 30.9 Å². The van der Waals surface area contributed by atoms with Gasteiger partial charge in [-0.2, -0.15) is 0 Å². The summed E-state index contributed by atoms with van der Waals surface area (Å²) < 4.78 is 0. The molecule has 2 aromatic carbocycles. The second-order valence-corrected chi connectivity index (χ2v) is 8.62. The van der Waals surface area contributed by atoms with Gasteiger partial charge in [-0.3, -0.25) is 19.2 Å². The average Bonchev–Trinajstić information content (AvgIpc) is 2.86. The smallest absolute Gasteiger partial charge is 0.326 e. The topological polar surface area (TPSA) is 188 Å². The Morgan fingerprint density at radius 1 is 0.703 bits per heavy atom. The van der Waals surface area contributed by atoms with Crippen LogP contribution in [0.4, 0.5) is 0 Å². The van der Waals surface area contributed by atoms with Crippen LogP contribution in [-0.2, 0) is 36.8 Å². The molecule has 0 aliphatic carbocycles. The van der Waals surface area contributed by atoms with Crippen molar-refractivity contribution in [3.63, 3.8) is 0 Å². The van der Waals surface area contributed by atoms with Gasteiger partial charge in [0.15, 0.2) is 0 Å². The Kier molecular flexibility index (Phi) is 11.2. The number of rotatable bonds is 14. The van der Waals surface area contributed by atoms with E-state index < -0.39 is 60.2 Å². The third-order valence-electron chi connectivity index (χ3n) is 5.51. The number of benzene rings is 2. The van der Waals surface area contributed by atoms with Gasteiger partial charge in [0.1, 0.15) is 18.1 Å². The predicted molar refractivity (Wildman–Crippen MR) is 134 cm³/mol. The quantitative estimate of drug-likeness (QED) is 0.207. The molecule has 37 heavy (non-hydrogen) atoms. The molecule has 0 heterocycles. The second-order valence-electron chi connectivity index (χ2n) is 8.62. The molecule has 0 aliphatic heterocycles. The van der Waals surface area contributed by atoms with Crippen molar-refractivity contribution in [3.05, 3.63) is 71.8 Å². The van der Waals surface area contributed by atoms with Crippen molar-refractivity contribution in [2.75, 3.05) is 0 Å². The van der Waals surface area contributed by atoms with Crippen molar-refractivity contribution in [1.82, 2.24) is 16.0 Å². The molecule has 3 amide bonds. The zero-order valence-electron chi connectivity index (χ0n) is 20.4. The van der Waals surface area contributed by atoms with Gasteiger partial charge < -0.3 is 31.9 Å². The predicted octanol–water partition coefficient (Wildman–Crippen LogP) is 0.223. The number of hydrogen-bond acceptors (Lipinski definition) is 6. The Bertz CT molecular complexity index is 1080. The third kappa shape index (κ3) is 10.1. The highest BCUT2D eigenvalue weighted by atomic mass is 16.4. The molecule has 0 aliphatic rings. The van der Waals surface area contributed by atoms with E-state index in [4.69, 9.17) is 10.8 Å². The van der Waals surface area contributed by atoms with Crippen LogP contribution in [0.2, 0.25) is 0 Å². The number of carbonyl (C=O) groups excluding carboxylic acids is 3. The van der Waals surface area contributed by atoms with Crippen molar-refractivity contribution < 1.29 is 34.2 Å². The number of carboxylic acids is 2. The van der Waals surface area contributed by atoms with E-state index in [2.05, 4.69) is 16.0 Å². The van der Waals surface area contributed by atoms with Crippen molar-refractivity contribution in [2.45, 2.75) is 56.8 Å². The second kappa shape index (κ2) is 14.3.